The van der Waals surface area contributed by atoms with E-state index in [1.807, 2.05) is 0 Å². The van der Waals surface area contributed by atoms with Crippen LogP contribution in [0.1, 0.15) is 84.0 Å². The molecule has 0 heterocycles. The minimum atomic E-state index is -1.33. The van der Waals surface area contributed by atoms with Crippen LogP contribution in [-0.2, 0) is 14.4 Å². The van der Waals surface area contributed by atoms with Crippen molar-refractivity contribution in [3.63, 3.8) is 0 Å². The summed E-state index contributed by atoms with van der Waals surface area (Å²) in [4.78, 5) is 35.8. The predicted octanol–water partition coefficient (Wildman–Crippen LogP) is 2.41. The number of aliphatic hydroxyl groups is 2. The molecule has 0 aromatic heterocycles. The molecule has 0 aromatic carbocycles. The highest BCUT2D eigenvalue weighted by Crippen LogP contribution is 2.15. The molecular formula is C20H37NO7. The molecule has 0 aliphatic carbocycles. The van der Waals surface area contributed by atoms with Gasteiger partial charge in [0.25, 0.3) is 0 Å². The smallest absolute Gasteiger partial charge is 0.326 e. The molecule has 28 heavy (non-hydrogen) atoms. The molecule has 1 amide bonds. The average molecular weight is 404 g/mol. The third kappa shape index (κ3) is 12.7. The minimum Gasteiger partial charge on any atom is -0.481 e. The Morgan fingerprint density at radius 1 is 0.857 bits per heavy atom. The van der Waals surface area contributed by atoms with Crippen molar-refractivity contribution in [3.8, 4) is 0 Å². The van der Waals surface area contributed by atoms with E-state index in [1.165, 1.54) is 32.1 Å². The highest BCUT2D eigenvalue weighted by Gasteiger charge is 2.31. The zero-order valence-electron chi connectivity index (χ0n) is 17.0. The lowest BCUT2D eigenvalue weighted by Crippen LogP contribution is -2.49. The van der Waals surface area contributed by atoms with Crippen molar-refractivity contribution >= 4 is 17.8 Å². The SMILES string of the molecule is CCCCCCCCCCCC(=O)N(CC(O)CO)[C@@H](CCC(=O)O)C(=O)O. The van der Waals surface area contributed by atoms with Gasteiger partial charge in [-0.1, -0.05) is 58.3 Å². The molecule has 0 saturated heterocycles. The number of aliphatic carboxylic acids is 2. The maximum atomic E-state index is 12.5. The number of carboxylic acids is 2. The largest absolute Gasteiger partial charge is 0.481 e. The van der Waals surface area contributed by atoms with Crippen LogP contribution in [0.4, 0.5) is 0 Å². The van der Waals surface area contributed by atoms with Crippen LogP contribution in [0.3, 0.4) is 0 Å². The van der Waals surface area contributed by atoms with Gasteiger partial charge in [0.2, 0.25) is 5.91 Å². The molecule has 0 rings (SSSR count). The Hall–Kier alpha value is -1.67. The molecular weight excluding hydrogens is 366 g/mol. The molecule has 0 bridgehead atoms. The first-order valence-corrected chi connectivity index (χ1v) is 10.4. The number of carbonyl (C=O) groups is 3. The van der Waals surface area contributed by atoms with Crippen LogP contribution < -0.4 is 0 Å². The molecule has 0 aliphatic heterocycles. The molecule has 0 aliphatic rings. The van der Waals surface area contributed by atoms with Gasteiger partial charge in [0, 0.05) is 19.4 Å². The fourth-order valence-electron chi connectivity index (χ4n) is 3.09. The van der Waals surface area contributed by atoms with Crippen LogP contribution in [0.15, 0.2) is 0 Å². The van der Waals surface area contributed by atoms with Gasteiger partial charge >= 0.3 is 11.9 Å². The van der Waals surface area contributed by atoms with Gasteiger partial charge in [0.15, 0.2) is 0 Å². The van der Waals surface area contributed by atoms with Crippen molar-refractivity contribution in [2.45, 2.75) is 96.1 Å². The Labute approximate surface area is 167 Å². The fraction of sp³-hybridized carbons (Fsp3) is 0.850. The highest BCUT2D eigenvalue weighted by molar-refractivity contribution is 5.84. The van der Waals surface area contributed by atoms with Crippen LogP contribution in [0.2, 0.25) is 0 Å². The topological polar surface area (TPSA) is 135 Å². The summed E-state index contributed by atoms with van der Waals surface area (Å²) in [6.07, 6.45) is 7.98. The molecule has 2 atom stereocenters. The van der Waals surface area contributed by atoms with Crippen LogP contribution in [0, 0.1) is 0 Å². The first-order valence-electron chi connectivity index (χ1n) is 10.4. The average Bonchev–Trinajstić information content (AvgIpc) is 2.65. The molecule has 0 saturated carbocycles. The Morgan fingerprint density at radius 2 is 1.39 bits per heavy atom. The van der Waals surface area contributed by atoms with E-state index >= 15 is 0 Å². The van der Waals surface area contributed by atoms with Gasteiger partial charge in [-0.05, 0) is 12.8 Å². The van der Waals surface area contributed by atoms with E-state index in [9.17, 15) is 24.6 Å². The molecule has 0 aromatic rings. The summed E-state index contributed by atoms with van der Waals surface area (Å²) in [5.41, 5.74) is 0. The van der Waals surface area contributed by atoms with Crippen LogP contribution >= 0.6 is 0 Å². The summed E-state index contributed by atoms with van der Waals surface area (Å²) in [7, 11) is 0. The number of amides is 1. The molecule has 0 spiro atoms. The van der Waals surface area contributed by atoms with Crippen molar-refractivity contribution in [1.82, 2.24) is 4.90 Å². The predicted molar refractivity (Wildman–Crippen MR) is 105 cm³/mol. The molecule has 8 heteroatoms. The minimum absolute atomic E-state index is 0.144. The summed E-state index contributed by atoms with van der Waals surface area (Å²) in [6.45, 7) is 1.24. The first-order chi connectivity index (χ1) is 13.3. The number of unbranched alkanes of at least 4 members (excludes halogenated alkanes) is 8. The normalized spacial score (nSPS) is 13.1. The maximum Gasteiger partial charge on any atom is 0.326 e. The molecule has 1 unspecified atom stereocenters. The zero-order valence-corrected chi connectivity index (χ0v) is 17.0. The fourth-order valence-corrected chi connectivity index (χ4v) is 3.09. The lowest BCUT2D eigenvalue weighted by Gasteiger charge is -2.30. The van der Waals surface area contributed by atoms with Crippen LogP contribution in [0.5, 0.6) is 0 Å². The van der Waals surface area contributed by atoms with Crippen molar-refractivity contribution in [3.05, 3.63) is 0 Å². The van der Waals surface area contributed by atoms with Gasteiger partial charge in [0.1, 0.15) is 6.04 Å². The van der Waals surface area contributed by atoms with Gasteiger partial charge in [0.05, 0.1) is 12.7 Å². The van der Waals surface area contributed by atoms with Crippen molar-refractivity contribution in [2.75, 3.05) is 13.2 Å². The lowest BCUT2D eigenvalue weighted by atomic mass is 10.0. The van der Waals surface area contributed by atoms with Gasteiger partial charge in [-0.25, -0.2) is 4.79 Å². The summed E-state index contributed by atoms with van der Waals surface area (Å²) >= 11 is 0. The van der Waals surface area contributed by atoms with Crippen molar-refractivity contribution < 1.29 is 34.8 Å². The summed E-state index contributed by atoms with van der Waals surface area (Å²) < 4.78 is 0. The first kappa shape index (κ1) is 26.3. The van der Waals surface area contributed by atoms with Crippen molar-refractivity contribution in [2.24, 2.45) is 0 Å². The second-order valence-electron chi connectivity index (χ2n) is 7.25. The molecule has 0 radical (unpaired) electrons. The van der Waals surface area contributed by atoms with E-state index in [0.717, 1.165) is 24.2 Å². The highest BCUT2D eigenvalue weighted by atomic mass is 16.4. The van der Waals surface area contributed by atoms with Gasteiger partial charge in [-0.3, -0.25) is 9.59 Å². The van der Waals surface area contributed by atoms with E-state index in [2.05, 4.69) is 6.92 Å². The summed E-state index contributed by atoms with van der Waals surface area (Å²) in [5, 5.41) is 36.9. The number of nitrogens with zero attached hydrogens (tertiary/aromatic N) is 1. The molecule has 4 N–H and O–H groups in total. The lowest BCUT2D eigenvalue weighted by molar-refractivity contribution is -0.153. The maximum absolute atomic E-state index is 12.5. The van der Waals surface area contributed by atoms with E-state index in [-0.39, 0.29) is 19.4 Å². The van der Waals surface area contributed by atoms with Gasteiger partial charge in [-0.15, -0.1) is 0 Å². The van der Waals surface area contributed by atoms with Crippen LogP contribution in [-0.4, -0.2) is 68.5 Å². The van der Waals surface area contributed by atoms with Gasteiger partial charge < -0.3 is 25.3 Å². The summed E-state index contributed by atoms with van der Waals surface area (Å²) in [6, 6.07) is -1.33. The second kappa shape index (κ2) is 16.3. The molecule has 0 fully saturated rings. The Balaban J connectivity index is 4.51. The molecule has 164 valence electrons. The van der Waals surface area contributed by atoms with E-state index in [4.69, 9.17) is 10.2 Å². The number of hydrogen-bond acceptors (Lipinski definition) is 5. The second-order valence-corrected chi connectivity index (χ2v) is 7.25. The number of aliphatic hydroxyl groups excluding tert-OH is 2. The number of rotatable bonds is 18. The standard InChI is InChI=1S/C20H37NO7/c1-2-3-4-5-6-7-8-9-10-11-18(24)21(14-16(23)15-22)17(20(27)28)12-13-19(25)26/h16-17,22-23H,2-15H2,1H3,(H,25,26)(H,27,28)/t16?,17-/m0/s1. The van der Waals surface area contributed by atoms with Crippen LogP contribution in [0.25, 0.3) is 0 Å². The third-order valence-electron chi connectivity index (χ3n) is 4.73. The Morgan fingerprint density at radius 3 is 1.86 bits per heavy atom. The Kier molecular flexibility index (Phi) is 15.3. The zero-order chi connectivity index (χ0) is 21.4. The quantitative estimate of drug-likeness (QED) is 0.258. The van der Waals surface area contributed by atoms with Crippen molar-refractivity contribution in [1.29, 1.82) is 0 Å². The van der Waals surface area contributed by atoms with E-state index in [0.29, 0.717) is 6.42 Å². The monoisotopic (exact) mass is 403 g/mol. The van der Waals surface area contributed by atoms with E-state index < -0.39 is 43.0 Å². The summed E-state index contributed by atoms with van der Waals surface area (Å²) in [5.74, 6) is -2.90. The number of hydrogen-bond donors (Lipinski definition) is 4. The van der Waals surface area contributed by atoms with Gasteiger partial charge in [-0.2, -0.15) is 0 Å². The molecule has 8 nitrogen and oxygen atoms in total. The number of carboxylic acid groups (broad SMARTS) is 2. The third-order valence-corrected chi connectivity index (χ3v) is 4.73. The Bertz CT molecular complexity index is 456. The number of carbonyl (C=O) groups excluding carboxylic acids is 1. The van der Waals surface area contributed by atoms with E-state index in [1.54, 1.807) is 0 Å².